The topological polar surface area (TPSA) is 19.0 Å². The van der Waals surface area contributed by atoms with E-state index in [9.17, 15) is 0 Å². The molecule has 0 aliphatic carbocycles. The molecule has 0 saturated carbocycles. The van der Waals surface area contributed by atoms with Crippen LogP contribution in [0.3, 0.4) is 0 Å². The summed E-state index contributed by atoms with van der Waals surface area (Å²) < 4.78 is 0. The lowest BCUT2D eigenvalue weighted by molar-refractivity contribution is 0.248. The molecular formula is C14H17BrN2. The summed E-state index contributed by atoms with van der Waals surface area (Å²) in [6, 6.07) is 8.62. The van der Waals surface area contributed by atoms with Crippen LogP contribution in [0.15, 0.2) is 30.5 Å². The van der Waals surface area contributed by atoms with Gasteiger partial charge in [0.25, 0.3) is 0 Å². The van der Waals surface area contributed by atoms with Crippen LogP contribution in [0.4, 0.5) is 0 Å². The number of hydrogen-bond donors (Lipinski definition) is 1. The molecule has 2 aromatic rings. The van der Waals surface area contributed by atoms with Crippen molar-refractivity contribution >= 4 is 26.8 Å². The van der Waals surface area contributed by atoms with Crippen LogP contribution in [0.5, 0.6) is 0 Å². The molecule has 1 fully saturated rings. The second-order valence-electron chi connectivity index (χ2n) is 4.80. The molecule has 0 amide bonds. The van der Waals surface area contributed by atoms with E-state index in [1.807, 2.05) is 0 Å². The van der Waals surface area contributed by atoms with Gasteiger partial charge in [-0.2, -0.15) is 0 Å². The lowest BCUT2D eigenvalue weighted by Gasteiger charge is -2.30. The quantitative estimate of drug-likeness (QED) is 0.661. The first-order chi connectivity index (χ1) is 8.38. The number of para-hydroxylation sites is 1. The highest BCUT2D eigenvalue weighted by molar-refractivity contribution is 9.09. The number of likely N-dealkylation sites (tertiary alicyclic amines) is 1. The van der Waals surface area contributed by atoms with Crippen molar-refractivity contribution in [1.82, 2.24) is 9.88 Å². The number of H-pyrrole nitrogens is 1. The number of benzene rings is 1. The molecule has 0 unspecified atom stereocenters. The fourth-order valence-electron chi connectivity index (χ4n) is 2.80. The van der Waals surface area contributed by atoms with E-state index in [1.54, 1.807) is 0 Å². The average molecular weight is 293 g/mol. The van der Waals surface area contributed by atoms with Gasteiger partial charge in [-0.05, 0) is 43.5 Å². The second-order valence-corrected chi connectivity index (χ2v) is 5.30. The molecule has 0 radical (unpaired) electrons. The summed E-state index contributed by atoms with van der Waals surface area (Å²) in [4.78, 5) is 5.85. The minimum absolute atomic E-state index is 0.724. The highest BCUT2D eigenvalue weighted by Gasteiger charge is 2.21. The minimum atomic E-state index is 0.724. The maximum Gasteiger partial charge on any atom is 0.0542 e. The summed E-state index contributed by atoms with van der Waals surface area (Å²) >= 11 is 3.54. The van der Waals surface area contributed by atoms with Crippen LogP contribution in [0.2, 0.25) is 0 Å². The standard InChI is InChI=1S/C14H17BrN2/c15-10-17-7-5-11(6-8-17)13-9-16-14-4-2-1-3-12(13)14/h1-4,9,11,16H,5-8,10H2. The summed E-state index contributed by atoms with van der Waals surface area (Å²) in [7, 11) is 0. The lowest BCUT2D eigenvalue weighted by Crippen LogP contribution is -2.31. The first-order valence-corrected chi connectivity index (χ1v) is 7.35. The highest BCUT2D eigenvalue weighted by atomic mass is 79.9. The number of halogens is 1. The van der Waals surface area contributed by atoms with Gasteiger partial charge in [0.05, 0.1) is 5.45 Å². The van der Waals surface area contributed by atoms with Gasteiger partial charge in [-0.15, -0.1) is 0 Å². The molecular weight excluding hydrogens is 276 g/mol. The van der Waals surface area contributed by atoms with Gasteiger partial charge < -0.3 is 4.98 Å². The van der Waals surface area contributed by atoms with Crippen molar-refractivity contribution in [2.24, 2.45) is 0 Å². The number of nitrogens with one attached hydrogen (secondary N) is 1. The van der Waals surface area contributed by atoms with Crippen LogP contribution in [0.1, 0.15) is 24.3 Å². The first-order valence-electron chi connectivity index (χ1n) is 6.23. The molecule has 1 aromatic heterocycles. The zero-order valence-corrected chi connectivity index (χ0v) is 11.4. The first kappa shape index (κ1) is 11.3. The van der Waals surface area contributed by atoms with Gasteiger partial charge in [0.1, 0.15) is 0 Å². The van der Waals surface area contributed by atoms with Crippen molar-refractivity contribution in [1.29, 1.82) is 0 Å². The molecule has 1 aliphatic rings. The molecule has 1 saturated heterocycles. The number of hydrogen-bond acceptors (Lipinski definition) is 1. The SMILES string of the molecule is BrCN1CCC(c2c[nH]c3ccccc23)CC1. The van der Waals surface area contributed by atoms with Crippen molar-refractivity contribution in [3.63, 3.8) is 0 Å². The molecule has 0 atom stereocenters. The van der Waals surface area contributed by atoms with Gasteiger partial charge in [0.2, 0.25) is 0 Å². The highest BCUT2D eigenvalue weighted by Crippen LogP contribution is 2.33. The smallest absolute Gasteiger partial charge is 0.0542 e. The third-order valence-corrected chi connectivity index (χ3v) is 4.53. The average Bonchev–Trinajstić information content (AvgIpc) is 2.83. The van der Waals surface area contributed by atoms with Crippen molar-refractivity contribution in [2.75, 3.05) is 18.5 Å². The summed E-state index contributed by atoms with van der Waals surface area (Å²) in [5, 5.41) is 1.41. The molecule has 1 aromatic carbocycles. The molecule has 1 aliphatic heterocycles. The number of nitrogens with zero attached hydrogens (tertiary/aromatic N) is 1. The van der Waals surface area contributed by atoms with Crippen LogP contribution in [-0.4, -0.2) is 28.4 Å². The number of alkyl halides is 1. The van der Waals surface area contributed by atoms with Crippen molar-refractivity contribution in [3.05, 3.63) is 36.0 Å². The van der Waals surface area contributed by atoms with E-state index < -0.39 is 0 Å². The number of rotatable bonds is 2. The van der Waals surface area contributed by atoms with E-state index in [-0.39, 0.29) is 0 Å². The van der Waals surface area contributed by atoms with Crippen LogP contribution in [-0.2, 0) is 0 Å². The Morgan fingerprint density at radius 2 is 2.00 bits per heavy atom. The van der Waals surface area contributed by atoms with Crippen LogP contribution < -0.4 is 0 Å². The fraction of sp³-hybridized carbons (Fsp3) is 0.429. The number of aromatic nitrogens is 1. The van der Waals surface area contributed by atoms with E-state index in [0.717, 1.165) is 11.4 Å². The van der Waals surface area contributed by atoms with Gasteiger partial charge in [-0.3, -0.25) is 4.90 Å². The van der Waals surface area contributed by atoms with E-state index in [4.69, 9.17) is 0 Å². The van der Waals surface area contributed by atoms with Crippen molar-refractivity contribution in [2.45, 2.75) is 18.8 Å². The minimum Gasteiger partial charge on any atom is -0.361 e. The molecule has 17 heavy (non-hydrogen) atoms. The Labute approximate surface area is 110 Å². The fourth-order valence-corrected chi connectivity index (χ4v) is 3.30. The van der Waals surface area contributed by atoms with E-state index in [0.29, 0.717) is 0 Å². The van der Waals surface area contributed by atoms with Crippen molar-refractivity contribution < 1.29 is 0 Å². The summed E-state index contributed by atoms with van der Waals surface area (Å²) in [5.74, 6) is 0.724. The number of aromatic amines is 1. The molecule has 1 N–H and O–H groups in total. The van der Waals surface area contributed by atoms with E-state index in [2.05, 4.69) is 56.3 Å². The Bertz CT molecular complexity index is 498. The normalized spacial score (nSPS) is 18.9. The molecule has 3 rings (SSSR count). The summed E-state index contributed by atoms with van der Waals surface area (Å²) in [6.45, 7) is 2.41. The zero-order chi connectivity index (χ0) is 11.7. The molecule has 3 heteroatoms. The second kappa shape index (κ2) is 4.83. The Morgan fingerprint density at radius 3 is 2.76 bits per heavy atom. The molecule has 0 bridgehead atoms. The Balaban J connectivity index is 1.85. The van der Waals surface area contributed by atoms with Gasteiger partial charge in [0, 0.05) is 17.1 Å². The van der Waals surface area contributed by atoms with Crippen LogP contribution in [0.25, 0.3) is 10.9 Å². The van der Waals surface area contributed by atoms with Crippen LogP contribution in [0, 0.1) is 0 Å². The lowest BCUT2D eigenvalue weighted by atomic mass is 9.89. The summed E-state index contributed by atoms with van der Waals surface area (Å²) in [6.07, 6.45) is 4.75. The zero-order valence-electron chi connectivity index (χ0n) is 9.82. The third kappa shape index (κ3) is 2.14. The maximum atomic E-state index is 3.54. The molecule has 2 nitrogen and oxygen atoms in total. The van der Waals surface area contributed by atoms with Gasteiger partial charge >= 0.3 is 0 Å². The number of fused-ring (bicyclic) bond motifs is 1. The maximum absolute atomic E-state index is 3.54. The Hall–Kier alpha value is -0.800. The van der Waals surface area contributed by atoms with Crippen LogP contribution >= 0.6 is 15.9 Å². The van der Waals surface area contributed by atoms with Gasteiger partial charge in [-0.25, -0.2) is 0 Å². The monoisotopic (exact) mass is 292 g/mol. The van der Waals surface area contributed by atoms with Gasteiger partial charge in [0.15, 0.2) is 0 Å². The predicted molar refractivity (Wildman–Crippen MR) is 75.6 cm³/mol. The molecule has 0 spiro atoms. The molecule has 2 heterocycles. The van der Waals surface area contributed by atoms with E-state index >= 15 is 0 Å². The van der Waals surface area contributed by atoms with E-state index in [1.165, 1.54) is 42.4 Å². The molecule has 90 valence electrons. The largest absolute Gasteiger partial charge is 0.361 e. The number of piperidine rings is 1. The Morgan fingerprint density at radius 1 is 1.24 bits per heavy atom. The van der Waals surface area contributed by atoms with Gasteiger partial charge in [-0.1, -0.05) is 34.1 Å². The van der Waals surface area contributed by atoms with Crippen molar-refractivity contribution in [3.8, 4) is 0 Å². The predicted octanol–water partition coefficient (Wildman–Crippen LogP) is 3.70. The Kier molecular flexibility index (Phi) is 3.21. The summed E-state index contributed by atoms with van der Waals surface area (Å²) in [5.41, 5.74) is 3.79. The third-order valence-electron chi connectivity index (χ3n) is 3.82.